The van der Waals surface area contributed by atoms with Crippen LogP contribution >= 0.6 is 0 Å². The Hall–Kier alpha value is -2.97. The first-order valence-electron chi connectivity index (χ1n) is 7.22. The molecule has 8 nitrogen and oxygen atoms in total. The lowest BCUT2D eigenvalue weighted by molar-refractivity contribution is -0.386. The molecule has 2 rings (SSSR count). The predicted molar refractivity (Wildman–Crippen MR) is 83.3 cm³/mol. The van der Waals surface area contributed by atoms with Crippen LogP contribution in [0.5, 0.6) is 5.75 Å². The first-order chi connectivity index (χ1) is 11.4. The van der Waals surface area contributed by atoms with Gasteiger partial charge in [-0.25, -0.2) is 4.39 Å². The Morgan fingerprint density at radius 1 is 1.42 bits per heavy atom. The number of amides is 1. The summed E-state index contributed by atoms with van der Waals surface area (Å²) < 4.78 is 19.8. The smallest absolute Gasteiger partial charge is 0.312 e. The van der Waals surface area contributed by atoms with Gasteiger partial charge >= 0.3 is 5.69 Å². The number of aryl methyl sites for hydroxylation is 1. The highest BCUT2D eigenvalue weighted by Crippen LogP contribution is 2.21. The molecule has 0 aliphatic heterocycles. The molecule has 0 atom stereocenters. The van der Waals surface area contributed by atoms with Crippen LogP contribution in [0.4, 0.5) is 10.1 Å². The largest absolute Gasteiger partial charge is 0.489 e. The monoisotopic (exact) mass is 336 g/mol. The van der Waals surface area contributed by atoms with Crippen LogP contribution in [-0.2, 0) is 11.3 Å². The van der Waals surface area contributed by atoms with Gasteiger partial charge in [-0.1, -0.05) is 12.1 Å². The van der Waals surface area contributed by atoms with Gasteiger partial charge in [-0.2, -0.15) is 5.10 Å². The molecule has 0 radical (unpaired) electrons. The topological polar surface area (TPSA) is 99.3 Å². The van der Waals surface area contributed by atoms with E-state index in [9.17, 15) is 19.3 Å². The average Bonchev–Trinajstić information content (AvgIpc) is 2.79. The van der Waals surface area contributed by atoms with E-state index in [1.54, 1.807) is 12.1 Å². The van der Waals surface area contributed by atoms with Crippen molar-refractivity contribution in [2.45, 2.75) is 20.4 Å². The molecule has 0 saturated heterocycles. The second kappa shape index (κ2) is 7.53. The van der Waals surface area contributed by atoms with Crippen molar-refractivity contribution in [1.29, 1.82) is 0 Å². The van der Waals surface area contributed by atoms with Crippen molar-refractivity contribution < 1.29 is 18.8 Å². The number of carbonyl (C=O) groups excluding carboxylic acids is 1. The highest BCUT2D eigenvalue weighted by molar-refractivity contribution is 5.75. The van der Waals surface area contributed by atoms with Crippen molar-refractivity contribution in [1.82, 2.24) is 15.1 Å². The van der Waals surface area contributed by atoms with Crippen LogP contribution in [-0.4, -0.2) is 33.8 Å². The summed E-state index contributed by atoms with van der Waals surface area (Å²) in [4.78, 5) is 22.3. The number of nitro groups is 1. The lowest BCUT2D eigenvalue weighted by atomic mass is 10.3. The minimum Gasteiger partial charge on any atom is -0.489 e. The van der Waals surface area contributed by atoms with Gasteiger partial charge in [0.2, 0.25) is 5.91 Å². The molecule has 9 heteroatoms. The fraction of sp³-hybridized carbons (Fsp3) is 0.333. The maximum Gasteiger partial charge on any atom is 0.312 e. The normalized spacial score (nSPS) is 10.5. The zero-order chi connectivity index (χ0) is 17.7. The van der Waals surface area contributed by atoms with Gasteiger partial charge in [0.25, 0.3) is 0 Å². The summed E-state index contributed by atoms with van der Waals surface area (Å²) in [5.41, 5.74) is 0.481. The van der Waals surface area contributed by atoms with Gasteiger partial charge < -0.3 is 10.1 Å². The number of halogens is 1. The van der Waals surface area contributed by atoms with E-state index in [2.05, 4.69) is 10.4 Å². The van der Waals surface area contributed by atoms with Gasteiger partial charge in [0.05, 0.1) is 11.5 Å². The van der Waals surface area contributed by atoms with Gasteiger partial charge in [0.1, 0.15) is 24.5 Å². The predicted octanol–water partition coefficient (Wildman–Crippen LogP) is 1.74. The molecule has 1 aromatic heterocycles. The van der Waals surface area contributed by atoms with Crippen molar-refractivity contribution in [3.8, 4) is 5.75 Å². The van der Waals surface area contributed by atoms with E-state index < -0.39 is 10.7 Å². The number of hydrogen-bond donors (Lipinski definition) is 1. The molecule has 128 valence electrons. The standard InChI is InChI=1S/C15H17FN4O4/c1-10-15(20(22)23)11(2)19(18-10)9-14(21)17-7-8-24-13-6-4-3-5-12(13)16/h3-6H,7-9H2,1-2H3,(H,17,21). The zero-order valence-electron chi connectivity index (χ0n) is 13.3. The van der Waals surface area contributed by atoms with Gasteiger partial charge in [0.15, 0.2) is 11.6 Å². The van der Waals surface area contributed by atoms with Gasteiger partial charge in [-0.05, 0) is 26.0 Å². The summed E-state index contributed by atoms with van der Waals surface area (Å²) in [5, 5.41) is 17.5. The molecule has 1 heterocycles. The van der Waals surface area contributed by atoms with E-state index in [1.807, 2.05) is 0 Å². The van der Waals surface area contributed by atoms with E-state index in [1.165, 1.54) is 30.7 Å². The molecule has 1 amide bonds. The van der Waals surface area contributed by atoms with Crippen LogP contribution in [0.15, 0.2) is 24.3 Å². The number of ether oxygens (including phenoxy) is 1. The molecule has 0 aliphatic rings. The molecule has 1 aromatic carbocycles. The number of nitrogens with one attached hydrogen (secondary N) is 1. The van der Waals surface area contributed by atoms with E-state index in [-0.39, 0.29) is 42.7 Å². The molecule has 2 aromatic rings. The fourth-order valence-electron chi connectivity index (χ4n) is 2.21. The van der Waals surface area contributed by atoms with E-state index >= 15 is 0 Å². The highest BCUT2D eigenvalue weighted by atomic mass is 19.1. The van der Waals surface area contributed by atoms with E-state index in [4.69, 9.17) is 4.74 Å². The number of para-hydroxylation sites is 1. The van der Waals surface area contributed by atoms with Crippen molar-refractivity contribution in [3.63, 3.8) is 0 Å². The average molecular weight is 336 g/mol. The Kier molecular flexibility index (Phi) is 5.46. The summed E-state index contributed by atoms with van der Waals surface area (Å²) in [7, 11) is 0. The van der Waals surface area contributed by atoms with Crippen LogP contribution in [0.3, 0.4) is 0 Å². The maximum absolute atomic E-state index is 13.3. The van der Waals surface area contributed by atoms with Crippen LogP contribution in [0.1, 0.15) is 11.4 Å². The molecule has 0 fully saturated rings. The van der Waals surface area contributed by atoms with Crippen molar-refractivity contribution >= 4 is 11.6 Å². The fourth-order valence-corrected chi connectivity index (χ4v) is 2.21. The van der Waals surface area contributed by atoms with Gasteiger partial charge in [-0.15, -0.1) is 0 Å². The molecule has 0 aliphatic carbocycles. The maximum atomic E-state index is 13.3. The van der Waals surface area contributed by atoms with Crippen LogP contribution < -0.4 is 10.1 Å². The minimum atomic E-state index is -0.520. The molecule has 24 heavy (non-hydrogen) atoms. The molecule has 0 bridgehead atoms. The molecule has 0 spiro atoms. The van der Waals surface area contributed by atoms with E-state index in [0.29, 0.717) is 5.69 Å². The van der Waals surface area contributed by atoms with Crippen molar-refractivity contribution in [2.24, 2.45) is 0 Å². The second-order valence-electron chi connectivity index (χ2n) is 5.06. The SMILES string of the molecule is Cc1nn(CC(=O)NCCOc2ccccc2F)c(C)c1[N+](=O)[O-]. The molecule has 0 unspecified atom stereocenters. The second-order valence-corrected chi connectivity index (χ2v) is 5.06. The third-order valence-corrected chi connectivity index (χ3v) is 3.34. The molecule has 1 N–H and O–H groups in total. The lowest BCUT2D eigenvalue weighted by Gasteiger charge is -2.09. The Balaban J connectivity index is 1.83. The van der Waals surface area contributed by atoms with Crippen LogP contribution in [0, 0.1) is 29.8 Å². The third kappa shape index (κ3) is 4.06. The number of hydrogen-bond acceptors (Lipinski definition) is 5. The number of carbonyl (C=O) groups is 1. The zero-order valence-corrected chi connectivity index (χ0v) is 13.3. The number of nitrogens with zero attached hydrogens (tertiary/aromatic N) is 3. The number of rotatable bonds is 7. The summed E-state index contributed by atoms with van der Waals surface area (Å²) in [6.45, 7) is 3.19. The van der Waals surface area contributed by atoms with Crippen molar-refractivity contribution in [2.75, 3.05) is 13.2 Å². The lowest BCUT2D eigenvalue weighted by Crippen LogP contribution is -2.31. The summed E-state index contributed by atoms with van der Waals surface area (Å²) in [6.07, 6.45) is 0. The first kappa shape index (κ1) is 17.4. The Morgan fingerprint density at radius 2 is 2.12 bits per heavy atom. The van der Waals surface area contributed by atoms with Crippen LogP contribution in [0.2, 0.25) is 0 Å². The van der Waals surface area contributed by atoms with Gasteiger partial charge in [0, 0.05) is 0 Å². The van der Waals surface area contributed by atoms with Crippen molar-refractivity contribution in [3.05, 3.63) is 51.6 Å². The highest BCUT2D eigenvalue weighted by Gasteiger charge is 2.22. The first-order valence-corrected chi connectivity index (χ1v) is 7.22. The quantitative estimate of drug-likeness (QED) is 0.472. The van der Waals surface area contributed by atoms with E-state index in [0.717, 1.165) is 0 Å². The summed E-state index contributed by atoms with van der Waals surface area (Å²) in [5.74, 6) is -0.729. The summed E-state index contributed by atoms with van der Waals surface area (Å²) in [6, 6.07) is 5.97. The molecular weight excluding hydrogens is 319 g/mol. The van der Waals surface area contributed by atoms with Gasteiger partial charge in [-0.3, -0.25) is 19.6 Å². The molecule has 0 saturated carbocycles. The molecular formula is C15H17FN4O4. The number of benzene rings is 1. The number of aromatic nitrogens is 2. The minimum absolute atomic E-state index is 0.0920. The Bertz CT molecular complexity index is 760. The Labute approximate surface area is 137 Å². The van der Waals surface area contributed by atoms with Crippen LogP contribution in [0.25, 0.3) is 0 Å². The Morgan fingerprint density at radius 3 is 2.75 bits per heavy atom. The third-order valence-electron chi connectivity index (χ3n) is 3.34. The summed E-state index contributed by atoms with van der Waals surface area (Å²) >= 11 is 0.